The van der Waals surface area contributed by atoms with Crippen LogP contribution in [-0.4, -0.2) is 22.7 Å². The summed E-state index contributed by atoms with van der Waals surface area (Å²) in [5.41, 5.74) is 7.91. The van der Waals surface area contributed by atoms with Gasteiger partial charge in [-0.3, -0.25) is 10.2 Å². The summed E-state index contributed by atoms with van der Waals surface area (Å²) in [5.74, 6) is 0.0387. The highest BCUT2D eigenvalue weighted by molar-refractivity contribution is 6.35. The molecule has 2 rings (SSSR count). The Morgan fingerprint density at radius 3 is 2.57 bits per heavy atom. The number of halogens is 2. The third-order valence-electron chi connectivity index (χ3n) is 3.43. The van der Waals surface area contributed by atoms with Crippen LogP contribution in [0, 0.1) is 10.9 Å². The molecule has 0 radical (unpaired) electrons. The van der Waals surface area contributed by atoms with Gasteiger partial charge in [-0.05, 0) is 12.2 Å². The first-order chi connectivity index (χ1) is 11.0. The number of benzene rings is 1. The molecule has 7 heteroatoms. The molecule has 2 N–H and O–H groups in total. The molecule has 0 aromatic heterocycles. The second-order valence-corrected chi connectivity index (χ2v) is 6.02. The van der Waals surface area contributed by atoms with Gasteiger partial charge >= 0.3 is 0 Å². The summed E-state index contributed by atoms with van der Waals surface area (Å²) in [6.07, 6.45) is 4.13. The third kappa shape index (κ3) is 4.74. The molecule has 0 amide bonds. The molecular formula is C16H16Cl2N4O. The Morgan fingerprint density at radius 1 is 1.26 bits per heavy atom. The van der Waals surface area contributed by atoms with Gasteiger partial charge in [-0.2, -0.15) is 5.53 Å². The van der Waals surface area contributed by atoms with Gasteiger partial charge in [0.25, 0.3) is 0 Å². The van der Waals surface area contributed by atoms with Crippen LogP contribution in [0.3, 0.4) is 0 Å². The maximum absolute atomic E-state index is 12.1. The molecule has 1 unspecified atom stereocenters. The van der Waals surface area contributed by atoms with Crippen LogP contribution in [0.5, 0.6) is 0 Å². The number of ketones is 1. The van der Waals surface area contributed by atoms with E-state index in [1.54, 1.807) is 36.4 Å². The Balaban J connectivity index is 1.97. The molecular weight excluding hydrogens is 335 g/mol. The lowest BCUT2D eigenvalue weighted by atomic mass is 10.0. The Hall–Kier alpha value is -1.98. The molecule has 23 heavy (non-hydrogen) atoms. The van der Waals surface area contributed by atoms with Gasteiger partial charge in [0, 0.05) is 34.9 Å². The first kappa shape index (κ1) is 17.4. The Kier molecular flexibility index (Phi) is 6.07. The van der Waals surface area contributed by atoms with E-state index in [0.29, 0.717) is 22.0 Å². The van der Waals surface area contributed by atoms with Gasteiger partial charge in [-0.15, -0.1) is 0 Å². The number of rotatable bonds is 6. The van der Waals surface area contributed by atoms with Gasteiger partial charge in [-0.1, -0.05) is 58.8 Å². The van der Waals surface area contributed by atoms with Crippen molar-refractivity contribution < 1.29 is 4.79 Å². The first-order valence-electron chi connectivity index (χ1n) is 7.07. The smallest absolute Gasteiger partial charge is 0.163 e. The number of Topliss-reactive ketones (excluding diaryl/α,β-unsaturated/α-hetero) is 1. The van der Waals surface area contributed by atoms with E-state index in [4.69, 9.17) is 34.1 Å². The third-order valence-corrected chi connectivity index (χ3v) is 3.93. The van der Waals surface area contributed by atoms with Crippen LogP contribution in [0.25, 0.3) is 0 Å². The Labute approximate surface area is 144 Å². The summed E-state index contributed by atoms with van der Waals surface area (Å²) in [7, 11) is 0. The second-order valence-electron chi connectivity index (χ2n) is 5.09. The highest BCUT2D eigenvalue weighted by Gasteiger charge is 2.23. The first-order valence-corrected chi connectivity index (χ1v) is 7.82. The van der Waals surface area contributed by atoms with E-state index in [1.165, 1.54) is 5.01 Å². The summed E-state index contributed by atoms with van der Waals surface area (Å²) in [4.78, 5) is 12.1. The fourth-order valence-electron chi connectivity index (χ4n) is 2.31. The van der Waals surface area contributed by atoms with Crippen LogP contribution in [0.2, 0.25) is 0 Å². The molecule has 1 aliphatic rings. The SMILES string of the molecule is N=NN(C(=N)CCC(=O)c1ccccc1)C1C=C(Cl)C=C(Cl)C1. The average Bonchev–Trinajstić information content (AvgIpc) is 2.53. The molecule has 120 valence electrons. The molecule has 0 bridgehead atoms. The topological polar surface area (TPSA) is 80.4 Å². The van der Waals surface area contributed by atoms with Crippen molar-refractivity contribution in [3.63, 3.8) is 0 Å². The van der Waals surface area contributed by atoms with Gasteiger partial charge in [-0.25, -0.2) is 5.01 Å². The predicted octanol–water partition coefficient (Wildman–Crippen LogP) is 4.89. The highest BCUT2D eigenvalue weighted by atomic mass is 35.5. The molecule has 1 aromatic carbocycles. The van der Waals surface area contributed by atoms with Crippen molar-refractivity contribution in [2.75, 3.05) is 0 Å². The van der Waals surface area contributed by atoms with E-state index in [0.717, 1.165) is 0 Å². The molecule has 0 saturated carbocycles. The quantitative estimate of drug-likeness (QED) is 0.251. The maximum atomic E-state index is 12.1. The summed E-state index contributed by atoms with van der Waals surface area (Å²) in [6, 6.07) is 8.55. The molecule has 0 fully saturated rings. The minimum Gasteiger partial charge on any atom is -0.294 e. The number of nitrogens with zero attached hydrogens (tertiary/aromatic N) is 2. The van der Waals surface area contributed by atoms with Crippen LogP contribution >= 0.6 is 23.2 Å². The number of hydrogen-bond acceptors (Lipinski definition) is 4. The number of amidine groups is 1. The van der Waals surface area contributed by atoms with E-state index in [-0.39, 0.29) is 30.5 Å². The van der Waals surface area contributed by atoms with Gasteiger partial charge < -0.3 is 0 Å². The van der Waals surface area contributed by atoms with E-state index in [1.807, 2.05) is 6.07 Å². The van der Waals surface area contributed by atoms with Crippen molar-refractivity contribution in [3.05, 3.63) is 58.1 Å². The molecule has 0 saturated heterocycles. The lowest BCUT2D eigenvalue weighted by molar-refractivity contribution is 0.0983. The average molecular weight is 351 g/mol. The predicted molar refractivity (Wildman–Crippen MR) is 91.0 cm³/mol. The zero-order chi connectivity index (χ0) is 16.8. The largest absolute Gasteiger partial charge is 0.294 e. The summed E-state index contributed by atoms with van der Waals surface area (Å²) in [6.45, 7) is 0. The Bertz CT molecular complexity index is 670. The van der Waals surface area contributed by atoms with Crippen molar-refractivity contribution in [1.29, 1.82) is 10.9 Å². The fraction of sp³-hybridized carbons (Fsp3) is 0.250. The number of allylic oxidation sites excluding steroid dienone is 2. The van der Waals surface area contributed by atoms with Crippen molar-refractivity contribution in [2.45, 2.75) is 25.3 Å². The van der Waals surface area contributed by atoms with Crippen molar-refractivity contribution in [2.24, 2.45) is 5.22 Å². The number of hydrogen-bond donors (Lipinski definition) is 2. The highest BCUT2D eigenvalue weighted by Crippen LogP contribution is 2.27. The molecule has 0 aliphatic heterocycles. The summed E-state index contributed by atoms with van der Waals surface area (Å²) < 4.78 is 0. The second kappa shape index (κ2) is 8.04. The minimum atomic E-state index is -0.378. The van der Waals surface area contributed by atoms with Crippen LogP contribution in [0.4, 0.5) is 0 Å². The van der Waals surface area contributed by atoms with Gasteiger partial charge in [0.15, 0.2) is 5.78 Å². The minimum absolute atomic E-state index is 0.0459. The van der Waals surface area contributed by atoms with Crippen LogP contribution in [-0.2, 0) is 0 Å². The Morgan fingerprint density at radius 2 is 1.96 bits per heavy atom. The molecule has 5 nitrogen and oxygen atoms in total. The number of nitrogens with one attached hydrogen (secondary N) is 2. The van der Waals surface area contributed by atoms with E-state index in [9.17, 15) is 4.79 Å². The van der Waals surface area contributed by atoms with Crippen LogP contribution in [0.1, 0.15) is 29.6 Å². The van der Waals surface area contributed by atoms with E-state index >= 15 is 0 Å². The zero-order valence-electron chi connectivity index (χ0n) is 12.3. The van der Waals surface area contributed by atoms with Crippen molar-refractivity contribution in [1.82, 2.24) is 5.01 Å². The molecule has 1 aliphatic carbocycles. The lowest BCUT2D eigenvalue weighted by Gasteiger charge is -2.27. The van der Waals surface area contributed by atoms with Crippen molar-refractivity contribution in [3.8, 4) is 0 Å². The molecule has 0 spiro atoms. The molecule has 1 atom stereocenters. The standard InChI is InChI=1S/C16H16Cl2N4O/c17-12-8-13(18)10-14(9-12)22(21-20)16(19)7-6-15(23)11-4-2-1-3-5-11/h1-5,8-9,14,19-20H,6-7,10H2. The van der Waals surface area contributed by atoms with Gasteiger partial charge in [0.05, 0.1) is 6.04 Å². The normalized spacial score (nSPS) is 17.0. The van der Waals surface area contributed by atoms with Gasteiger partial charge in [0.2, 0.25) is 0 Å². The van der Waals surface area contributed by atoms with Crippen molar-refractivity contribution >= 4 is 34.8 Å². The van der Waals surface area contributed by atoms with Crippen LogP contribution < -0.4 is 0 Å². The monoisotopic (exact) mass is 350 g/mol. The summed E-state index contributed by atoms with van der Waals surface area (Å²) >= 11 is 12.0. The summed E-state index contributed by atoms with van der Waals surface area (Å²) in [5, 5.41) is 13.7. The molecule has 1 aromatic rings. The molecule has 0 heterocycles. The zero-order valence-corrected chi connectivity index (χ0v) is 13.8. The van der Waals surface area contributed by atoms with E-state index in [2.05, 4.69) is 5.22 Å². The lowest BCUT2D eigenvalue weighted by Crippen LogP contribution is -2.35. The number of carbonyl (C=O) groups excluding carboxylic acids is 1. The maximum Gasteiger partial charge on any atom is 0.163 e. The fourth-order valence-corrected chi connectivity index (χ4v) is 2.91. The van der Waals surface area contributed by atoms with E-state index < -0.39 is 0 Å². The van der Waals surface area contributed by atoms with Gasteiger partial charge in [0.1, 0.15) is 5.84 Å². The van der Waals surface area contributed by atoms with Crippen LogP contribution in [0.15, 0.2) is 57.8 Å². The number of carbonyl (C=O) groups is 1.